The zero-order valence-electron chi connectivity index (χ0n) is 26.0. The summed E-state index contributed by atoms with van der Waals surface area (Å²) in [5, 5.41) is 8.06. The molecule has 1 aliphatic rings. The first-order valence-corrected chi connectivity index (χ1v) is 15.8. The van der Waals surface area contributed by atoms with Crippen LogP contribution in [0.4, 0.5) is 5.82 Å². The van der Waals surface area contributed by atoms with E-state index in [1.165, 1.54) is 11.8 Å². The van der Waals surface area contributed by atoms with Crippen molar-refractivity contribution < 1.29 is 4.79 Å². The van der Waals surface area contributed by atoms with Crippen LogP contribution in [0, 0.1) is 5.92 Å². The van der Waals surface area contributed by atoms with Gasteiger partial charge in [-0.1, -0.05) is 59.2 Å². The molecule has 0 spiro atoms. The third-order valence-corrected chi connectivity index (χ3v) is 8.50. The van der Waals surface area contributed by atoms with Crippen molar-refractivity contribution in [2.24, 2.45) is 5.92 Å². The number of halogens is 1. The quantitative estimate of drug-likeness (QED) is 0.172. The molecule has 4 rings (SSSR count). The lowest BCUT2D eigenvalue weighted by Crippen LogP contribution is -2.31. The molecule has 1 fully saturated rings. The number of aromatic nitrogens is 4. The molecule has 42 heavy (non-hydrogen) atoms. The fourth-order valence-corrected chi connectivity index (χ4v) is 5.86. The third-order valence-electron chi connectivity index (χ3n) is 7.49. The van der Waals surface area contributed by atoms with E-state index < -0.39 is 0 Å². The molecule has 0 saturated carbocycles. The molecule has 3 aromatic heterocycles. The van der Waals surface area contributed by atoms with Gasteiger partial charge in [-0.25, -0.2) is 15.0 Å². The van der Waals surface area contributed by atoms with Crippen molar-refractivity contribution in [3.63, 3.8) is 0 Å². The van der Waals surface area contributed by atoms with Crippen LogP contribution in [0.25, 0.3) is 0 Å². The van der Waals surface area contributed by atoms with Crippen molar-refractivity contribution >= 4 is 35.3 Å². The van der Waals surface area contributed by atoms with E-state index in [0.29, 0.717) is 16.8 Å². The predicted octanol–water partition coefficient (Wildman–Crippen LogP) is 7.27. The normalized spacial score (nSPS) is 17.6. The second-order valence-electron chi connectivity index (χ2n) is 13.9. The molecule has 1 saturated heterocycles. The molecule has 0 aromatic carbocycles. The molecule has 0 aliphatic carbocycles. The largest absolute Gasteiger partial charge is 0.362 e. The number of carbonyl (C=O) groups excluding carboxylic acids is 1. The number of anilines is 1. The molecule has 8 nitrogen and oxygen atoms in total. The van der Waals surface area contributed by atoms with Gasteiger partial charge in [0, 0.05) is 35.3 Å². The molecule has 2 unspecified atom stereocenters. The molecule has 1 amide bonds. The number of amides is 1. The monoisotopic (exact) mass is 609 g/mol. The van der Waals surface area contributed by atoms with Gasteiger partial charge in [0.15, 0.2) is 0 Å². The first kappa shape index (κ1) is 32.2. The highest BCUT2D eigenvalue weighted by Gasteiger charge is 2.31. The van der Waals surface area contributed by atoms with E-state index >= 15 is 0 Å². The van der Waals surface area contributed by atoms with Gasteiger partial charge in [0.05, 0.1) is 17.3 Å². The summed E-state index contributed by atoms with van der Waals surface area (Å²) >= 11 is 7.46. The summed E-state index contributed by atoms with van der Waals surface area (Å²) in [4.78, 5) is 31.1. The number of carbonyl (C=O) groups is 1. The summed E-state index contributed by atoms with van der Waals surface area (Å²) in [5.74, 6) is 1.55. The molecular weight excluding hydrogens is 566 g/mol. The average Bonchev–Trinajstić information content (AvgIpc) is 3.27. The number of nitrogens with zero attached hydrogens (tertiary/aromatic N) is 4. The van der Waals surface area contributed by atoms with Crippen LogP contribution in [0.3, 0.4) is 0 Å². The number of rotatable bonds is 9. The summed E-state index contributed by atoms with van der Waals surface area (Å²) < 4.78 is 2.82. The molecule has 0 bridgehead atoms. The second kappa shape index (κ2) is 12.9. The zero-order chi connectivity index (χ0) is 30.7. The summed E-state index contributed by atoms with van der Waals surface area (Å²) in [7, 11) is 0. The Bertz CT molecular complexity index is 1400. The Morgan fingerprint density at radius 1 is 1.12 bits per heavy atom. The SMILES string of the molecule is CC1(C)CC(CCC(Nc2cccc(SNC(=O)c3cnc(C(C)(C)C)nc3Cl)n2)c2cc(C(C)(C)C)ccn2)CN1. The fraction of sp³-hybridized carbons (Fsp3) is 0.531. The Morgan fingerprint density at radius 3 is 2.52 bits per heavy atom. The summed E-state index contributed by atoms with van der Waals surface area (Å²) in [6, 6.07) is 10.0. The van der Waals surface area contributed by atoms with Gasteiger partial charge in [0.1, 0.15) is 21.8 Å². The molecule has 3 N–H and O–H groups in total. The molecular formula is C32H44ClN7OS. The van der Waals surface area contributed by atoms with Crippen molar-refractivity contribution in [1.82, 2.24) is 30.0 Å². The third kappa shape index (κ3) is 8.64. The highest BCUT2D eigenvalue weighted by Crippen LogP contribution is 2.32. The van der Waals surface area contributed by atoms with E-state index in [4.69, 9.17) is 21.6 Å². The van der Waals surface area contributed by atoms with E-state index in [-0.39, 0.29) is 39.0 Å². The van der Waals surface area contributed by atoms with Gasteiger partial charge in [-0.2, -0.15) is 0 Å². The van der Waals surface area contributed by atoms with Crippen molar-refractivity contribution in [2.45, 2.75) is 102 Å². The maximum Gasteiger partial charge on any atom is 0.266 e. The van der Waals surface area contributed by atoms with Gasteiger partial charge >= 0.3 is 0 Å². The minimum atomic E-state index is -0.375. The van der Waals surface area contributed by atoms with Gasteiger partial charge in [0.25, 0.3) is 5.91 Å². The van der Waals surface area contributed by atoms with Crippen molar-refractivity contribution in [2.75, 3.05) is 11.9 Å². The van der Waals surface area contributed by atoms with Gasteiger partial charge in [-0.15, -0.1) is 0 Å². The van der Waals surface area contributed by atoms with Crippen molar-refractivity contribution in [3.05, 3.63) is 70.5 Å². The standard InChI is InChI=1S/C32H44ClN7OS/c1-30(2,3)21-14-15-34-24(16-21)23(13-12-20-17-32(7,8)36-18-20)37-25-10-9-11-26(38-25)42-40-28(41)22-19-35-29(31(4,5)6)39-27(22)33/h9-11,14-16,19-20,23,36H,12-13,17-18H2,1-8H3,(H,37,38)(H,40,41). The maximum absolute atomic E-state index is 12.9. The van der Waals surface area contributed by atoms with Crippen LogP contribution in [0.2, 0.25) is 5.15 Å². The van der Waals surface area contributed by atoms with Crippen LogP contribution in [0.5, 0.6) is 0 Å². The average molecular weight is 610 g/mol. The Hall–Kier alpha value is -2.75. The molecule has 1 aliphatic heterocycles. The van der Waals surface area contributed by atoms with E-state index in [1.54, 1.807) is 0 Å². The Kier molecular flexibility index (Phi) is 9.85. The van der Waals surface area contributed by atoms with E-state index in [2.05, 4.69) is 72.1 Å². The smallest absolute Gasteiger partial charge is 0.266 e. The van der Waals surface area contributed by atoms with Gasteiger partial charge < -0.3 is 10.6 Å². The summed E-state index contributed by atoms with van der Waals surface area (Å²) in [6.45, 7) is 18.2. The molecule has 3 aromatic rings. The van der Waals surface area contributed by atoms with Crippen LogP contribution in [-0.4, -0.2) is 37.9 Å². The van der Waals surface area contributed by atoms with Crippen LogP contribution < -0.4 is 15.4 Å². The lowest BCUT2D eigenvalue weighted by Gasteiger charge is -2.24. The molecule has 226 valence electrons. The van der Waals surface area contributed by atoms with Crippen LogP contribution in [0.1, 0.15) is 108 Å². The molecule has 2 atom stereocenters. The minimum Gasteiger partial charge on any atom is -0.362 e. The molecule has 10 heteroatoms. The van der Waals surface area contributed by atoms with Crippen molar-refractivity contribution in [1.29, 1.82) is 0 Å². The van der Waals surface area contributed by atoms with E-state index in [9.17, 15) is 4.79 Å². The molecule has 0 radical (unpaired) electrons. The summed E-state index contributed by atoms with van der Waals surface area (Å²) in [6.07, 6.45) is 6.55. The van der Waals surface area contributed by atoms with E-state index in [0.717, 1.165) is 49.3 Å². The van der Waals surface area contributed by atoms with Crippen LogP contribution in [-0.2, 0) is 10.8 Å². The first-order chi connectivity index (χ1) is 19.6. The van der Waals surface area contributed by atoms with Gasteiger partial charge in [0.2, 0.25) is 0 Å². The first-order valence-electron chi connectivity index (χ1n) is 14.6. The highest BCUT2D eigenvalue weighted by atomic mass is 35.5. The van der Waals surface area contributed by atoms with Crippen molar-refractivity contribution in [3.8, 4) is 0 Å². The second-order valence-corrected chi connectivity index (χ2v) is 15.1. The van der Waals surface area contributed by atoms with Crippen LogP contribution in [0.15, 0.2) is 47.8 Å². The number of pyridine rings is 2. The highest BCUT2D eigenvalue weighted by molar-refractivity contribution is 7.97. The minimum absolute atomic E-state index is 0.00404. The fourth-order valence-electron chi connectivity index (χ4n) is 5.05. The van der Waals surface area contributed by atoms with Gasteiger partial charge in [-0.3, -0.25) is 14.5 Å². The molecule has 4 heterocycles. The number of hydrogen-bond acceptors (Lipinski definition) is 8. The lowest BCUT2D eigenvalue weighted by molar-refractivity contribution is 0.0983. The lowest BCUT2D eigenvalue weighted by atomic mass is 9.86. The zero-order valence-corrected chi connectivity index (χ0v) is 27.6. The van der Waals surface area contributed by atoms with Gasteiger partial charge in [-0.05, 0) is 80.8 Å². The number of nitrogens with one attached hydrogen (secondary N) is 3. The Labute approximate surface area is 259 Å². The summed E-state index contributed by atoms with van der Waals surface area (Å²) in [5.41, 5.74) is 2.42. The van der Waals surface area contributed by atoms with Crippen LogP contribution >= 0.6 is 23.5 Å². The van der Waals surface area contributed by atoms with E-state index in [1.807, 2.05) is 45.2 Å². The number of hydrogen-bond donors (Lipinski definition) is 3. The Morgan fingerprint density at radius 2 is 1.88 bits per heavy atom. The Balaban J connectivity index is 1.47. The predicted molar refractivity (Wildman–Crippen MR) is 172 cm³/mol. The topological polar surface area (TPSA) is 105 Å². The maximum atomic E-state index is 12.9.